The van der Waals surface area contributed by atoms with Crippen LogP contribution in [0.1, 0.15) is 19.4 Å². The highest BCUT2D eigenvalue weighted by Crippen LogP contribution is 2.24. The molecular formula is C13H21N3O2. The maximum atomic E-state index is 10.9. The van der Waals surface area contributed by atoms with Crippen molar-refractivity contribution in [2.45, 2.75) is 26.8 Å². The molecule has 0 amide bonds. The highest BCUT2D eigenvalue weighted by molar-refractivity contribution is 5.62. The lowest BCUT2D eigenvalue weighted by molar-refractivity contribution is -0.384. The number of benzene rings is 1. The van der Waals surface area contributed by atoms with Gasteiger partial charge in [-0.1, -0.05) is 6.07 Å². The Balaban J connectivity index is 2.66. The number of hydrogen-bond donors (Lipinski definition) is 1. The summed E-state index contributed by atoms with van der Waals surface area (Å²) < 4.78 is 0. The fraction of sp³-hybridized carbons (Fsp3) is 0.538. The molecule has 1 rings (SSSR count). The van der Waals surface area contributed by atoms with Crippen LogP contribution in [-0.2, 0) is 0 Å². The second-order valence-electron chi connectivity index (χ2n) is 4.78. The summed E-state index contributed by atoms with van der Waals surface area (Å²) in [5.74, 6) is 0. The number of nitrogens with one attached hydrogen (secondary N) is 1. The minimum atomic E-state index is -0.353. The zero-order chi connectivity index (χ0) is 13.7. The molecule has 0 spiro atoms. The SMILES string of the molecule is Cc1ccc([N+](=O)[O-])c(NCCN(C)C(C)C)c1. The average Bonchev–Trinajstić information content (AvgIpc) is 2.28. The van der Waals surface area contributed by atoms with Crippen molar-refractivity contribution in [1.29, 1.82) is 0 Å². The van der Waals surface area contributed by atoms with Gasteiger partial charge in [-0.2, -0.15) is 0 Å². The predicted octanol–water partition coefficient (Wildman–Crippen LogP) is 2.66. The Hall–Kier alpha value is -1.62. The number of aryl methyl sites for hydroxylation is 1. The Bertz CT molecular complexity index is 419. The first-order chi connectivity index (χ1) is 8.41. The lowest BCUT2D eigenvalue weighted by Crippen LogP contribution is -2.31. The van der Waals surface area contributed by atoms with E-state index in [1.54, 1.807) is 12.1 Å². The fourth-order valence-electron chi connectivity index (χ4n) is 1.58. The highest BCUT2D eigenvalue weighted by atomic mass is 16.6. The standard InChI is InChI=1S/C13H21N3O2/c1-10(2)15(4)8-7-14-12-9-11(3)5-6-13(12)16(17)18/h5-6,9-10,14H,7-8H2,1-4H3. The summed E-state index contributed by atoms with van der Waals surface area (Å²) in [6.07, 6.45) is 0. The number of anilines is 1. The molecule has 0 saturated carbocycles. The third-order valence-corrected chi connectivity index (χ3v) is 3.01. The third kappa shape index (κ3) is 4.00. The number of rotatable bonds is 6. The zero-order valence-electron chi connectivity index (χ0n) is 11.4. The van der Waals surface area contributed by atoms with Crippen LogP contribution >= 0.6 is 0 Å². The van der Waals surface area contributed by atoms with E-state index in [4.69, 9.17) is 0 Å². The lowest BCUT2D eigenvalue weighted by Gasteiger charge is -2.21. The van der Waals surface area contributed by atoms with Gasteiger partial charge in [0.1, 0.15) is 5.69 Å². The first-order valence-electron chi connectivity index (χ1n) is 6.11. The Kier molecular flexibility index (Phi) is 5.09. The molecule has 0 atom stereocenters. The molecule has 5 nitrogen and oxygen atoms in total. The van der Waals surface area contributed by atoms with E-state index in [1.807, 2.05) is 20.0 Å². The van der Waals surface area contributed by atoms with Gasteiger partial charge < -0.3 is 10.2 Å². The molecule has 1 N–H and O–H groups in total. The Labute approximate surface area is 108 Å². The molecule has 18 heavy (non-hydrogen) atoms. The number of nitrogens with zero attached hydrogens (tertiary/aromatic N) is 2. The van der Waals surface area contributed by atoms with Crippen LogP contribution in [0.15, 0.2) is 18.2 Å². The molecule has 0 aromatic heterocycles. The van der Waals surface area contributed by atoms with Gasteiger partial charge in [0.2, 0.25) is 0 Å². The van der Waals surface area contributed by atoms with E-state index >= 15 is 0 Å². The van der Waals surface area contributed by atoms with Gasteiger partial charge in [-0.05, 0) is 39.4 Å². The average molecular weight is 251 g/mol. The summed E-state index contributed by atoms with van der Waals surface area (Å²) in [4.78, 5) is 12.7. The molecule has 0 fully saturated rings. The van der Waals surface area contributed by atoms with Gasteiger partial charge in [0.25, 0.3) is 5.69 Å². The monoisotopic (exact) mass is 251 g/mol. The van der Waals surface area contributed by atoms with Crippen molar-refractivity contribution in [3.05, 3.63) is 33.9 Å². The van der Waals surface area contributed by atoms with Gasteiger partial charge in [-0.25, -0.2) is 0 Å². The van der Waals surface area contributed by atoms with Crippen LogP contribution in [0.3, 0.4) is 0 Å². The molecule has 0 unspecified atom stereocenters. The van der Waals surface area contributed by atoms with Gasteiger partial charge in [0.15, 0.2) is 0 Å². The Morgan fingerprint density at radius 2 is 2.11 bits per heavy atom. The summed E-state index contributed by atoms with van der Waals surface area (Å²) in [5, 5.41) is 14.0. The fourth-order valence-corrected chi connectivity index (χ4v) is 1.58. The highest BCUT2D eigenvalue weighted by Gasteiger charge is 2.13. The molecule has 0 aliphatic carbocycles. The second kappa shape index (κ2) is 6.35. The van der Waals surface area contributed by atoms with E-state index in [9.17, 15) is 10.1 Å². The molecule has 5 heteroatoms. The van der Waals surface area contributed by atoms with E-state index < -0.39 is 0 Å². The van der Waals surface area contributed by atoms with Crippen molar-refractivity contribution in [3.8, 4) is 0 Å². The summed E-state index contributed by atoms with van der Waals surface area (Å²) in [7, 11) is 2.04. The Morgan fingerprint density at radius 1 is 1.44 bits per heavy atom. The summed E-state index contributed by atoms with van der Waals surface area (Å²) >= 11 is 0. The van der Waals surface area contributed by atoms with Gasteiger partial charge in [0.05, 0.1) is 4.92 Å². The van der Waals surface area contributed by atoms with E-state index in [0.717, 1.165) is 12.1 Å². The van der Waals surface area contributed by atoms with Crippen molar-refractivity contribution in [2.24, 2.45) is 0 Å². The molecule has 100 valence electrons. The molecule has 1 aromatic carbocycles. The van der Waals surface area contributed by atoms with Crippen molar-refractivity contribution in [3.63, 3.8) is 0 Å². The molecule has 0 radical (unpaired) electrons. The van der Waals surface area contributed by atoms with Crippen LogP contribution in [0.5, 0.6) is 0 Å². The lowest BCUT2D eigenvalue weighted by atomic mass is 10.2. The van der Waals surface area contributed by atoms with E-state index in [1.165, 1.54) is 0 Å². The Morgan fingerprint density at radius 3 is 2.67 bits per heavy atom. The number of likely N-dealkylation sites (N-methyl/N-ethyl adjacent to an activating group) is 1. The minimum absolute atomic E-state index is 0.132. The molecule has 0 aliphatic rings. The topological polar surface area (TPSA) is 58.4 Å². The maximum absolute atomic E-state index is 10.9. The summed E-state index contributed by atoms with van der Waals surface area (Å²) in [6, 6.07) is 5.58. The van der Waals surface area contributed by atoms with Gasteiger partial charge in [-0.15, -0.1) is 0 Å². The van der Waals surface area contributed by atoms with Crippen LogP contribution in [0, 0.1) is 17.0 Å². The van der Waals surface area contributed by atoms with Crippen molar-refractivity contribution in [2.75, 3.05) is 25.5 Å². The van der Waals surface area contributed by atoms with Crippen LogP contribution in [0.25, 0.3) is 0 Å². The predicted molar refractivity (Wildman–Crippen MR) is 74.1 cm³/mol. The molecule has 0 aliphatic heterocycles. The van der Waals surface area contributed by atoms with Crippen LogP contribution in [0.4, 0.5) is 11.4 Å². The van der Waals surface area contributed by atoms with Crippen LogP contribution in [-0.4, -0.2) is 36.0 Å². The first-order valence-corrected chi connectivity index (χ1v) is 6.11. The zero-order valence-corrected chi connectivity index (χ0v) is 11.4. The van der Waals surface area contributed by atoms with Crippen LogP contribution < -0.4 is 5.32 Å². The quantitative estimate of drug-likeness (QED) is 0.623. The van der Waals surface area contributed by atoms with Gasteiger partial charge >= 0.3 is 0 Å². The number of hydrogen-bond acceptors (Lipinski definition) is 4. The minimum Gasteiger partial charge on any atom is -0.378 e. The molecule has 0 bridgehead atoms. The van der Waals surface area contributed by atoms with Crippen molar-refractivity contribution in [1.82, 2.24) is 4.90 Å². The largest absolute Gasteiger partial charge is 0.378 e. The molecular weight excluding hydrogens is 230 g/mol. The van der Waals surface area contributed by atoms with E-state index in [0.29, 0.717) is 18.3 Å². The molecule has 0 saturated heterocycles. The normalized spacial score (nSPS) is 11.0. The smallest absolute Gasteiger partial charge is 0.292 e. The number of nitro groups is 1. The summed E-state index contributed by atoms with van der Waals surface area (Å²) in [6.45, 7) is 7.71. The molecule has 0 heterocycles. The maximum Gasteiger partial charge on any atom is 0.292 e. The van der Waals surface area contributed by atoms with E-state index in [2.05, 4.69) is 24.1 Å². The van der Waals surface area contributed by atoms with E-state index in [-0.39, 0.29) is 10.6 Å². The summed E-state index contributed by atoms with van der Waals surface area (Å²) in [5.41, 5.74) is 1.74. The van der Waals surface area contributed by atoms with Gasteiger partial charge in [-0.3, -0.25) is 10.1 Å². The second-order valence-corrected chi connectivity index (χ2v) is 4.78. The number of nitro benzene ring substituents is 1. The van der Waals surface area contributed by atoms with Crippen LogP contribution in [0.2, 0.25) is 0 Å². The third-order valence-electron chi connectivity index (χ3n) is 3.01. The molecule has 1 aromatic rings. The van der Waals surface area contributed by atoms with Crippen molar-refractivity contribution < 1.29 is 4.92 Å². The first kappa shape index (κ1) is 14.4. The van der Waals surface area contributed by atoms with Crippen molar-refractivity contribution >= 4 is 11.4 Å². The van der Waals surface area contributed by atoms with Gasteiger partial charge in [0, 0.05) is 25.2 Å².